The van der Waals surface area contributed by atoms with Gasteiger partial charge in [-0.25, -0.2) is 13.1 Å². The highest BCUT2D eigenvalue weighted by Gasteiger charge is 2.25. The average molecular weight is 358 g/mol. The molecule has 0 aliphatic carbocycles. The highest BCUT2D eigenvalue weighted by Crippen LogP contribution is 2.30. The first-order valence-electron chi connectivity index (χ1n) is 8.39. The first kappa shape index (κ1) is 17.6. The number of hydrogen-bond donors (Lipinski definition) is 1. The fraction of sp³-hybridized carbons (Fsp3) is 0.316. The van der Waals surface area contributed by atoms with Gasteiger partial charge < -0.3 is 4.90 Å². The first-order valence-corrected chi connectivity index (χ1v) is 9.87. The van der Waals surface area contributed by atoms with Crippen molar-refractivity contribution in [3.8, 4) is 0 Å². The summed E-state index contributed by atoms with van der Waals surface area (Å²) in [6.07, 6.45) is 1.12. The molecule has 0 bridgehead atoms. The number of fused-ring (bicyclic) bond motifs is 1. The molecule has 1 aliphatic rings. The highest BCUT2D eigenvalue weighted by atomic mass is 32.2. The van der Waals surface area contributed by atoms with Gasteiger partial charge in [-0.05, 0) is 42.7 Å². The number of carbonyl (C=O) groups is 1. The molecule has 0 saturated heterocycles. The van der Waals surface area contributed by atoms with Crippen LogP contribution in [0, 0.1) is 6.92 Å². The highest BCUT2D eigenvalue weighted by molar-refractivity contribution is 7.89. The van der Waals surface area contributed by atoms with Crippen LogP contribution in [0.3, 0.4) is 0 Å². The molecule has 5 nitrogen and oxygen atoms in total. The molecule has 25 heavy (non-hydrogen) atoms. The molecule has 1 amide bonds. The predicted octanol–water partition coefficient (Wildman–Crippen LogP) is 2.77. The van der Waals surface area contributed by atoms with E-state index in [1.54, 1.807) is 23.1 Å². The van der Waals surface area contributed by atoms with Crippen LogP contribution in [0.25, 0.3) is 0 Å². The number of nitrogens with zero attached hydrogens (tertiary/aromatic N) is 1. The number of amides is 1. The Balaban J connectivity index is 1.78. The van der Waals surface area contributed by atoms with E-state index in [-0.39, 0.29) is 17.3 Å². The number of benzene rings is 2. The van der Waals surface area contributed by atoms with Crippen molar-refractivity contribution in [2.75, 3.05) is 11.4 Å². The minimum atomic E-state index is -3.59. The van der Waals surface area contributed by atoms with E-state index in [1.807, 2.05) is 38.1 Å². The lowest BCUT2D eigenvalue weighted by Crippen LogP contribution is -2.27. The molecule has 1 heterocycles. The fourth-order valence-corrected chi connectivity index (χ4v) is 4.15. The summed E-state index contributed by atoms with van der Waals surface area (Å²) < 4.78 is 27.8. The van der Waals surface area contributed by atoms with E-state index in [9.17, 15) is 13.2 Å². The van der Waals surface area contributed by atoms with Crippen LogP contribution in [0.2, 0.25) is 0 Å². The van der Waals surface area contributed by atoms with Gasteiger partial charge >= 0.3 is 0 Å². The van der Waals surface area contributed by atoms with Gasteiger partial charge in [-0.3, -0.25) is 4.79 Å². The molecule has 0 spiro atoms. The van der Waals surface area contributed by atoms with Crippen molar-refractivity contribution < 1.29 is 13.2 Å². The smallest absolute Gasteiger partial charge is 0.240 e. The zero-order valence-electron chi connectivity index (χ0n) is 14.5. The summed E-state index contributed by atoms with van der Waals surface area (Å²) in [5, 5.41) is 0. The summed E-state index contributed by atoms with van der Waals surface area (Å²) in [6, 6.07) is 12.7. The maximum atomic E-state index is 12.6. The molecule has 0 radical (unpaired) electrons. The summed E-state index contributed by atoms with van der Waals surface area (Å²) >= 11 is 0. The predicted molar refractivity (Wildman–Crippen MR) is 98.0 cm³/mol. The van der Waals surface area contributed by atoms with Crippen molar-refractivity contribution in [3.63, 3.8) is 0 Å². The standard InChI is InChI=1S/C19H22N2O3S/c1-3-19(22)21-10-9-16-12-17(7-8-18(16)21)25(23,24)20-13-15-6-4-5-14(2)11-15/h4-8,11-12,20H,3,9-10,13H2,1-2H3. The van der Waals surface area contributed by atoms with E-state index >= 15 is 0 Å². The maximum Gasteiger partial charge on any atom is 0.240 e. The van der Waals surface area contributed by atoms with Gasteiger partial charge in [0.15, 0.2) is 0 Å². The van der Waals surface area contributed by atoms with Crippen molar-refractivity contribution in [3.05, 3.63) is 59.2 Å². The number of aryl methyl sites for hydroxylation is 1. The Morgan fingerprint density at radius 3 is 2.72 bits per heavy atom. The lowest BCUT2D eigenvalue weighted by molar-refractivity contribution is -0.118. The molecular weight excluding hydrogens is 336 g/mol. The Hall–Kier alpha value is -2.18. The van der Waals surface area contributed by atoms with Gasteiger partial charge in [-0.1, -0.05) is 36.8 Å². The summed E-state index contributed by atoms with van der Waals surface area (Å²) in [5.41, 5.74) is 3.74. The third-order valence-electron chi connectivity index (χ3n) is 4.41. The zero-order chi connectivity index (χ0) is 18.0. The van der Waals surface area contributed by atoms with Crippen molar-refractivity contribution in [1.82, 2.24) is 4.72 Å². The second-order valence-electron chi connectivity index (χ2n) is 6.25. The maximum absolute atomic E-state index is 12.6. The topological polar surface area (TPSA) is 66.5 Å². The van der Waals surface area contributed by atoms with Crippen molar-refractivity contribution >= 4 is 21.6 Å². The van der Waals surface area contributed by atoms with Gasteiger partial charge in [0.1, 0.15) is 0 Å². The van der Waals surface area contributed by atoms with Crippen LogP contribution in [0.15, 0.2) is 47.4 Å². The summed E-state index contributed by atoms with van der Waals surface area (Å²) in [6.45, 7) is 4.67. The molecule has 0 atom stereocenters. The van der Waals surface area contributed by atoms with E-state index < -0.39 is 10.0 Å². The largest absolute Gasteiger partial charge is 0.312 e. The lowest BCUT2D eigenvalue weighted by Gasteiger charge is -2.16. The van der Waals surface area contributed by atoms with E-state index in [0.29, 0.717) is 19.4 Å². The molecule has 2 aromatic carbocycles. The third kappa shape index (κ3) is 3.75. The Bertz CT molecular complexity index is 907. The number of nitrogens with one attached hydrogen (secondary N) is 1. The monoisotopic (exact) mass is 358 g/mol. The third-order valence-corrected chi connectivity index (χ3v) is 5.81. The molecule has 0 fully saturated rings. The van der Waals surface area contributed by atoms with Crippen LogP contribution in [0.5, 0.6) is 0 Å². The van der Waals surface area contributed by atoms with E-state index in [1.165, 1.54) is 0 Å². The SMILES string of the molecule is CCC(=O)N1CCc2cc(S(=O)(=O)NCc3cccc(C)c3)ccc21. The summed E-state index contributed by atoms with van der Waals surface area (Å²) in [4.78, 5) is 13.9. The Kier molecular flexibility index (Phi) is 4.92. The molecule has 1 N–H and O–H groups in total. The van der Waals surface area contributed by atoms with E-state index in [2.05, 4.69) is 4.72 Å². The van der Waals surface area contributed by atoms with Crippen molar-refractivity contribution in [1.29, 1.82) is 0 Å². The quantitative estimate of drug-likeness (QED) is 0.894. The molecule has 3 rings (SSSR count). The van der Waals surface area contributed by atoms with E-state index in [4.69, 9.17) is 0 Å². The van der Waals surface area contributed by atoms with Gasteiger partial charge in [-0.15, -0.1) is 0 Å². The molecular formula is C19H22N2O3S. The lowest BCUT2D eigenvalue weighted by atomic mass is 10.1. The Morgan fingerprint density at radius 1 is 1.20 bits per heavy atom. The molecule has 1 aliphatic heterocycles. The van der Waals surface area contributed by atoms with Gasteiger partial charge in [0.05, 0.1) is 4.90 Å². The van der Waals surface area contributed by atoms with Gasteiger partial charge in [0.2, 0.25) is 15.9 Å². The molecule has 0 aromatic heterocycles. The van der Waals surface area contributed by atoms with Gasteiger partial charge in [0, 0.05) is 25.2 Å². The van der Waals surface area contributed by atoms with Crippen LogP contribution < -0.4 is 9.62 Å². The zero-order valence-corrected chi connectivity index (χ0v) is 15.3. The minimum Gasteiger partial charge on any atom is -0.312 e. The number of carbonyl (C=O) groups excluding carboxylic acids is 1. The second kappa shape index (κ2) is 6.98. The van der Waals surface area contributed by atoms with Crippen LogP contribution in [-0.4, -0.2) is 20.9 Å². The molecule has 132 valence electrons. The number of anilines is 1. The number of hydrogen-bond acceptors (Lipinski definition) is 3. The van der Waals surface area contributed by atoms with Crippen LogP contribution in [0.1, 0.15) is 30.0 Å². The van der Waals surface area contributed by atoms with Crippen molar-refractivity contribution in [2.45, 2.75) is 38.1 Å². The number of rotatable bonds is 5. The normalized spacial score (nSPS) is 13.8. The van der Waals surface area contributed by atoms with Crippen LogP contribution in [0.4, 0.5) is 5.69 Å². The average Bonchev–Trinajstić information content (AvgIpc) is 3.03. The van der Waals surface area contributed by atoms with Crippen LogP contribution >= 0.6 is 0 Å². The minimum absolute atomic E-state index is 0.0620. The molecule has 0 saturated carbocycles. The fourth-order valence-electron chi connectivity index (χ4n) is 3.08. The second-order valence-corrected chi connectivity index (χ2v) is 8.02. The summed E-state index contributed by atoms with van der Waals surface area (Å²) in [7, 11) is -3.59. The summed E-state index contributed by atoms with van der Waals surface area (Å²) in [5.74, 6) is 0.0620. The number of sulfonamides is 1. The first-order chi connectivity index (χ1) is 11.9. The van der Waals surface area contributed by atoms with Crippen LogP contribution in [-0.2, 0) is 27.8 Å². The van der Waals surface area contributed by atoms with E-state index in [0.717, 1.165) is 22.4 Å². The molecule has 6 heteroatoms. The Morgan fingerprint density at radius 2 is 2.00 bits per heavy atom. The van der Waals surface area contributed by atoms with Gasteiger partial charge in [0.25, 0.3) is 0 Å². The molecule has 2 aromatic rings. The van der Waals surface area contributed by atoms with Gasteiger partial charge in [-0.2, -0.15) is 0 Å². The molecule has 0 unspecified atom stereocenters. The Labute approximate surface area is 148 Å². The van der Waals surface area contributed by atoms with Crippen molar-refractivity contribution in [2.24, 2.45) is 0 Å².